The fourth-order valence-corrected chi connectivity index (χ4v) is 9.31. The Hall–Kier alpha value is -4.68. The maximum atomic E-state index is 2.52. The van der Waals surface area contributed by atoms with Gasteiger partial charge in [-0.1, -0.05) is 159 Å². The Kier molecular flexibility index (Phi) is 6.48. The summed E-state index contributed by atoms with van der Waals surface area (Å²) < 4.78 is 0. The molecular formula is C47H42. The normalized spacial score (nSPS) is 15.7. The second-order valence-corrected chi connectivity index (χ2v) is 14.9. The van der Waals surface area contributed by atoms with Crippen molar-refractivity contribution in [2.24, 2.45) is 0 Å². The minimum Gasteiger partial charge on any atom is -0.0619 e. The number of rotatable bonds is 3. The SMILES string of the molecule is Cc1ccc2c(-c3cccc4c5c(ccc34)-c3ccccc3C5(C)C)c3cc(C)ccc3c(-c3cccc(C4CCCCC4)c3)c2c1. The first-order chi connectivity index (χ1) is 22.9. The topological polar surface area (TPSA) is 0 Å². The predicted molar refractivity (Wildman–Crippen MR) is 203 cm³/mol. The summed E-state index contributed by atoms with van der Waals surface area (Å²) in [7, 11) is 0. The van der Waals surface area contributed by atoms with Gasteiger partial charge in [0.2, 0.25) is 0 Å². The van der Waals surface area contributed by atoms with Crippen molar-refractivity contribution in [1.82, 2.24) is 0 Å². The number of aryl methyl sites for hydroxylation is 2. The summed E-state index contributed by atoms with van der Waals surface area (Å²) in [6.07, 6.45) is 6.72. The monoisotopic (exact) mass is 606 g/mol. The van der Waals surface area contributed by atoms with E-state index < -0.39 is 0 Å². The molecule has 0 radical (unpaired) electrons. The van der Waals surface area contributed by atoms with Crippen LogP contribution < -0.4 is 0 Å². The Labute approximate surface area is 279 Å². The largest absolute Gasteiger partial charge is 0.0619 e. The molecule has 0 aromatic heterocycles. The van der Waals surface area contributed by atoms with E-state index in [-0.39, 0.29) is 5.41 Å². The van der Waals surface area contributed by atoms with Crippen LogP contribution in [-0.4, -0.2) is 0 Å². The Morgan fingerprint density at radius 2 is 1.15 bits per heavy atom. The third kappa shape index (κ3) is 4.34. The summed E-state index contributed by atoms with van der Waals surface area (Å²) in [6.45, 7) is 9.27. The summed E-state index contributed by atoms with van der Waals surface area (Å²) in [5.41, 5.74) is 15.1. The van der Waals surface area contributed by atoms with Crippen LogP contribution >= 0.6 is 0 Å². The molecule has 7 aromatic rings. The third-order valence-corrected chi connectivity index (χ3v) is 11.5. The molecule has 0 heterocycles. The lowest BCUT2D eigenvalue weighted by Crippen LogP contribution is -2.15. The Morgan fingerprint density at radius 3 is 1.94 bits per heavy atom. The van der Waals surface area contributed by atoms with Crippen molar-refractivity contribution in [3.05, 3.63) is 143 Å². The van der Waals surface area contributed by atoms with Crippen LogP contribution in [0.25, 0.3) is 65.7 Å². The average molecular weight is 607 g/mol. The first-order valence-corrected chi connectivity index (χ1v) is 17.6. The van der Waals surface area contributed by atoms with E-state index in [0.29, 0.717) is 5.92 Å². The third-order valence-electron chi connectivity index (χ3n) is 11.5. The van der Waals surface area contributed by atoms with Gasteiger partial charge in [0.25, 0.3) is 0 Å². The first kappa shape index (κ1) is 28.5. The van der Waals surface area contributed by atoms with Gasteiger partial charge in [0.05, 0.1) is 0 Å². The minimum atomic E-state index is -0.0604. The molecule has 0 bridgehead atoms. The van der Waals surface area contributed by atoms with Crippen molar-refractivity contribution in [2.45, 2.75) is 71.1 Å². The molecule has 0 amide bonds. The molecule has 1 saturated carbocycles. The van der Waals surface area contributed by atoms with Crippen LogP contribution in [0.3, 0.4) is 0 Å². The van der Waals surface area contributed by atoms with Crippen molar-refractivity contribution >= 4 is 32.3 Å². The van der Waals surface area contributed by atoms with Crippen LogP contribution in [0.15, 0.2) is 115 Å². The summed E-state index contributed by atoms with van der Waals surface area (Å²) in [6, 6.07) is 44.6. The molecule has 0 unspecified atom stereocenters. The maximum absolute atomic E-state index is 2.52. The second kappa shape index (κ2) is 10.7. The molecule has 0 spiro atoms. The van der Waals surface area contributed by atoms with Crippen molar-refractivity contribution in [1.29, 1.82) is 0 Å². The van der Waals surface area contributed by atoms with E-state index in [1.807, 2.05) is 0 Å². The van der Waals surface area contributed by atoms with Crippen LogP contribution in [0.4, 0.5) is 0 Å². The van der Waals surface area contributed by atoms with Gasteiger partial charge in [0.1, 0.15) is 0 Å². The molecule has 2 aliphatic rings. The van der Waals surface area contributed by atoms with Crippen molar-refractivity contribution in [2.75, 3.05) is 0 Å². The van der Waals surface area contributed by atoms with Gasteiger partial charge in [0.15, 0.2) is 0 Å². The summed E-state index contributed by atoms with van der Waals surface area (Å²) in [5.74, 6) is 0.678. The predicted octanol–water partition coefficient (Wildman–Crippen LogP) is 13.5. The summed E-state index contributed by atoms with van der Waals surface area (Å²) in [5, 5.41) is 8.08. The van der Waals surface area contributed by atoms with Crippen LogP contribution in [0.5, 0.6) is 0 Å². The number of hydrogen-bond donors (Lipinski definition) is 0. The fraction of sp³-hybridized carbons (Fsp3) is 0.234. The van der Waals surface area contributed by atoms with Gasteiger partial charge in [-0.25, -0.2) is 0 Å². The molecule has 0 heteroatoms. The van der Waals surface area contributed by atoms with Gasteiger partial charge < -0.3 is 0 Å². The van der Waals surface area contributed by atoms with E-state index in [4.69, 9.17) is 0 Å². The van der Waals surface area contributed by atoms with Crippen LogP contribution in [0.1, 0.15) is 79.7 Å². The zero-order chi connectivity index (χ0) is 31.9. The average Bonchev–Trinajstić information content (AvgIpc) is 3.34. The lowest BCUT2D eigenvalue weighted by atomic mass is 9.78. The lowest BCUT2D eigenvalue weighted by molar-refractivity contribution is 0.444. The quantitative estimate of drug-likeness (QED) is 0.176. The van der Waals surface area contributed by atoms with Gasteiger partial charge in [-0.3, -0.25) is 0 Å². The fourth-order valence-electron chi connectivity index (χ4n) is 9.31. The van der Waals surface area contributed by atoms with Crippen molar-refractivity contribution in [3.63, 3.8) is 0 Å². The van der Waals surface area contributed by atoms with E-state index in [1.54, 1.807) is 0 Å². The molecule has 47 heavy (non-hydrogen) atoms. The first-order valence-electron chi connectivity index (χ1n) is 17.6. The molecule has 230 valence electrons. The van der Waals surface area contributed by atoms with E-state index in [0.717, 1.165) is 0 Å². The standard InChI is InChI=1S/C47H42/c1-29-21-23-38-41(26-29)44(33-15-10-14-32(28-33)31-12-6-5-7-13-31)37-22-20-30(2)27-42(37)45(38)36-17-11-18-39-34(36)24-25-40-35-16-8-9-19-43(35)47(3,4)46(39)40/h8-11,14-28,31H,5-7,12-13H2,1-4H3. The van der Waals surface area contributed by atoms with E-state index in [1.165, 1.54) is 126 Å². The summed E-state index contributed by atoms with van der Waals surface area (Å²) >= 11 is 0. The van der Waals surface area contributed by atoms with Gasteiger partial charge in [-0.05, 0) is 115 Å². The highest BCUT2D eigenvalue weighted by Gasteiger charge is 2.36. The van der Waals surface area contributed by atoms with Crippen LogP contribution in [0, 0.1) is 13.8 Å². The zero-order valence-electron chi connectivity index (χ0n) is 28.1. The zero-order valence-corrected chi connectivity index (χ0v) is 28.1. The molecule has 1 fully saturated rings. The maximum Gasteiger partial charge on any atom is 0.0165 e. The lowest BCUT2D eigenvalue weighted by Gasteiger charge is -2.25. The number of fused-ring (bicyclic) bond motifs is 7. The molecular weight excluding hydrogens is 565 g/mol. The number of hydrogen-bond acceptors (Lipinski definition) is 0. The van der Waals surface area contributed by atoms with Crippen LogP contribution in [0.2, 0.25) is 0 Å². The summed E-state index contributed by atoms with van der Waals surface area (Å²) in [4.78, 5) is 0. The second-order valence-electron chi connectivity index (χ2n) is 14.9. The van der Waals surface area contributed by atoms with Gasteiger partial charge in [-0.15, -0.1) is 0 Å². The molecule has 2 aliphatic carbocycles. The Balaban J connectivity index is 1.35. The van der Waals surface area contributed by atoms with E-state index in [9.17, 15) is 0 Å². The molecule has 0 saturated heterocycles. The van der Waals surface area contributed by atoms with Crippen molar-refractivity contribution < 1.29 is 0 Å². The van der Waals surface area contributed by atoms with Crippen LogP contribution in [-0.2, 0) is 5.41 Å². The highest BCUT2D eigenvalue weighted by molar-refractivity contribution is 6.24. The van der Waals surface area contributed by atoms with E-state index in [2.05, 4.69) is 143 Å². The van der Waals surface area contributed by atoms with Gasteiger partial charge in [0, 0.05) is 5.41 Å². The molecule has 0 N–H and O–H groups in total. The molecule has 9 rings (SSSR count). The molecule has 0 atom stereocenters. The smallest absolute Gasteiger partial charge is 0.0165 e. The Morgan fingerprint density at radius 1 is 0.489 bits per heavy atom. The van der Waals surface area contributed by atoms with E-state index >= 15 is 0 Å². The molecule has 0 aliphatic heterocycles. The highest BCUT2D eigenvalue weighted by atomic mass is 14.4. The molecule has 7 aromatic carbocycles. The highest BCUT2D eigenvalue weighted by Crippen LogP contribution is 2.53. The van der Waals surface area contributed by atoms with Gasteiger partial charge >= 0.3 is 0 Å². The minimum absolute atomic E-state index is 0.0604. The van der Waals surface area contributed by atoms with Gasteiger partial charge in [-0.2, -0.15) is 0 Å². The molecule has 0 nitrogen and oxygen atoms in total. The van der Waals surface area contributed by atoms with Crippen molar-refractivity contribution in [3.8, 4) is 33.4 Å². The Bertz CT molecular complexity index is 2380. The number of benzene rings is 7.